The van der Waals surface area contributed by atoms with Crippen LogP contribution in [0.2, 0.25) is 0 Å². The van der Waals surface area contributed by atoms with Crippen molar-refractivity contribution in [2.75, 3.05) is 13.3 Å². The van der Waals surface area contributed by atoms with E-state index in [0.717, 1.165) is 5.56 Å². The summed E-state index contributed by atoms with van der Waals surface area (Å²) in [7, 11) is 0. The zero-order chi connectivity index (χ0) is 11.4. The standard InChI is InChI=1S/C11H11NO4/c13-10-6-12(8-16-10)11(14)15-7-9-4-2-1-3-5-9/h1-5H,6-8H2. The summed E-state index contributed by atoms with van der Waals surface area (Å²) in [6, 6.07) is 9.34. The number of amides is 1. The van der Waals surface area contributed by atoms with E-state index in [1.165, 1.54) is 4.90 Å². The Hall–Kier alpha value is -2.04. The molecule has 1 saturated heterocycles. The SMILES string of the molecule is O=C1CN(C(=O)OCc2ccccc2)CO1. The molecule has 0 N–H and O–H groups in total. The molecule has 1 aromatic carbocycles. The summed E-state index contributed by atoms with van der Waals surface area (Å²) in [6.45, 7) is 0.143. The summed E-state index contributed by atoms with van der Waals surface area (Å²) in [5, 5.41) is 0. The largest absolute Gasteiger partial charge is 0.444 e. The van der Waals surface area contributed by atoms with E-state index < -0.39 is 12.1 Å². The molecular formula is C11H11NO4. The molecule has 0 unspecified atom stereocenters. The number of hydrogen-bond acceptors (Lipinski definition) is 4. The number of carbonyl (C=O) groups is 2. The van der Waals surface area contributed by atoms with Crippen molar-refractivity contribution in [3.05, 3.63) is 35.9 Å². The van der Waals surface area contributed by atoms with Crippen LogP contribution in [0.3, 0.4) is 0 Å². The van der Waals surface area contributed by atoms with Gasteiger partial charge in [0, 0.05) is 0 Å². The minimum absolute atomic E-state index is 0.0214. The fourth-order valence-electron chi connectivity index (χ4n) is 1.32. The number of carbonyl (C=O) groups excluding carboxylic acids is 2. The summed E-state index contributed by atoms with van der Waals surface area (Å²) in [6.07, 6.45) is -0.533. The quantitative estimate of drug-likeness (QED) is 0.703. The number of ether oxygens (including phenoxy) is 2. The van der Waals surface area contributed by atoms with Gasteiger partial charge >= 0.3 is 12.1 Å². The van der Waals surface area contributed by atoms with Crippen molar-refractivity contribution >= 4 is 12.1 Å². The molecule has 16 heavy (non-hydrogen) atoms. The molecule has 5 nitrogen and oxygen atoms in total. The maximum absolute atomic E-state index is 11.4. The third kappa shape index (κ3) is 2.50. The van der Waals surface area contributed by atoms with E-state index in [4.69, 9.17) is 4.74 Å². The first-order valence-corrected chi connectivity index (χ1v) is 4.87. The van der Waals surface area contributed by atoms with Gasteiger partial charge in [0.25, 0.3) is 0 Å². The van der Waals surface area contributed by atoms with Gasteiger partial charge in [0.1, 0.15) is 13.2 Å². The molecule has 84 valence electrons. The molecule has 1 aliphatic rings. The van der Waals surface area contributed by atoms with E-state index in [9.17, 15) is 9.59 Å². The molecule has 0 saturated carbocycles. The second kappa shape index (κ2) is 4.65. The fraction of sp³-hybridized carbons (Fsp3) is 0.273. The number of cyclic esters (lactones) is 1. The Labute approximate surface area is 92.6 Å². The smallest absolute Gasteiger partial charge is 0.413 e. The summed E-state index contributed by atoms with van der Waals surface area (Å²) in [5.74, 6) is -0.406. The average molecular weight is 221 g/mol. The summed E-state index contributed by atoms with van der Waals surface area (Å²) >= 11 is 0. The van der Waals surface area contributed by atoms with Crippen LogP contribution in [-0.2, 0) is 20.9 Å². The van der Waals surface area contributed by atoms with Gasteiger partial charge in [-0.3, -0.25) is 9.69 Å². The topological polar surface area (TPSA) is 55.8 Å². The van der Waals surface area contributed by atoms with E-state index in [1.807, 2.05) is 30.3 Å². The molecule has 0 atom stereocenters. The zero-order valence-corrected chi connectivity index (χ0v) is 8.59. The number of nitrogens with zero attached hydrogens (tertiary/aromatic N) is 1. The van der Waals surface area contributed by atoms with Gasteiger partial charge in [0.05, 0.1) is 0 Å². The van der Waals surface area contributed by atoms with Crippen LogP contribution in [0, 0.1) is 0 Å². The van der Waals surface area contributed by atoms with Gasteiger partial charge < -0.3 is 9.47 Å². The molecule has 0 radical (unpaired) electrons. The highest BCUT2D eigenvalue weighted by molar-refractivity contribution is 5.80. The molecule has 1 heterocycles. The Morgan fingerprint density at radius 3 is 2.75 bits per heavy atom. The predicted octanol–water partition coefficient (Wildman–Crippen LogP) is 1.14. The second-order valence-corrected chi connectivity index (χ2v) is 3.38. The third-order valence-corrected chi connectivity index (χ3v) is 2.16. The predicted molar refractivity (Wildman–Crippen MR) is 54.3 cm³/mol. The molecule has 1 amide bonds. The average Bonchev–Trinajstić information content (AvgIpc) is 2.74. The lowest BCUT2D eigenvalue weighted by atomic mass is 10.2. The van der Waals surface area contributed by atoms with Crippen molar-refractivity contribution in [3.8, 4) is 0 Å². The minimum Gasteiger partial charge on any atom is -0.444 e. The number of hydrogen-bond donors (Lipinski definition) is 0. The highest BCUT2D eigenvalue weighted by Crippen LogP contribution is 2.06. The van der Waals surface area contributed by atoms with E-state index in [0.29, 0.717) is 0 Å². The van der Waals surface area contributed by atoms with Gasteiger partial charge in [-0.2, -0.15) is 0 Å². The van der Waals surface area contributed by atoms with E-state index in [2.05, 4.69) is 4.74 Å². The molecule has 0 aromatic heterocycles. The Kier molecular flexibility index (Phi) is 3.05. The first-order valence-electron chi connectivity index (χ1n) is 4.87. The summed E-state index contributed by atoms with van der Waals surface area (Å²) < 4.78 is 9.64. The van der Waals surface area contributed by atoms with Crippen LogP contribution in [0.15, 0.2) is 30.3 Å². The lowest BCUT2D eigenvalue weighted by Gasteiger charge is -2.11. The fourth-order valence-corrected chi connectivity index (χ4v) is 1.32. The number of rotatable bonds is 2. The van der Waals surface area contributed by atoms with Crippen molar-refractivity contribution in [1.29, 1.82) is 0 Å². The highest BCUT2D eigenvalue weighted by Gasteiger charge is 2.26. The lowest BCUT2D eigenvalue weighted by Crippen LogP contribution is -2.29. The molecule has 1 aliphatic heterocycles. The van der Waals surface area contributed by atoms with Crippen LogP contribution in [0.4, 0.5) is 4.79 Å². The maximum atomic E-state index is 11.4. The summed E-state index contributed by atoms with van der Waals surface area (Å²) in [5.41, 5.74) is 0.905. The molecule has 1 aromatic rings. The van der Waals surface area contributed by atoms with Gasteiger partial charge in [0.2, 0.25) is 0 Å². The van der Waals surface area contributed by atoms with Crippen molar-refractivity contribution < 1.29 is 19.1 Å². The van der Waals surface area contributed by atoms with E-state index in [-0.39, 0.29) is 19.9 Å². The van der Waals surface area contributed by atoms with Crippen LogP contribution < -0.4 is 0 Å². The summed E-state index contributed by atoms with van der Waals surface area (Å²) in [4.78, 5) is 23.4. The van der Waals surface area contributed by atoms with E-state index >= 15 is 0 Å². The Bertz CT molecular complexity index is 390. The molecule has 5 heteroatoms. The molecule has 2 rings (SSSR count). The van der Waals surface area contributed by atoms with Gasteiger partial charge in [-0.15, -0.1) is 0 Å². The minimum atomic E-state index is -0.533. The Balaban J connectivity index is 1.82. The molecule has 1 fully saturated rings. The van der Waals surface area contributed by atoms with Crippen LogP contribution in [0.1, 0.15) is 5.56 Å². The highest BCUT2D eigenvalue weighted by atomic mass is 16.6. The van der Waals surface area contributed by atoms with Crippen LogP contribution in [0.25, 0.3) is 0 Å². The van der Waals surface area contributed by atoms with Crippen molar-refractivity contribution in [3.63, 3.8) is 0 Å². The van der Waals surface area contributed by atoms with Gasteiger partial charge in [-0.05, 0) is 5.56 Å². The lowest BCUT2D eigenvalue weighted by molar-refractivity contribution is -0.136. The monoisotopic (exact) mass is 221 g/mol. The molecule has 0 bridgehead atoms. The van der Waals surface area contributed by atoms with E-state index in [1.54, 1.807) is 0 Å². The van der Waals surface area contributed by atoms with Crippen molar-refractivity contribution in [1.82, 2.24) is 4.90 Å². The molecular weight excluding hydrogens is 210 g/mol. The first-order chi connectivity index (χ1) is 7.75. The Morgan fingerprint density at radius 1 is 1.38 bits per heavy atom. The second-order valence-electron chi connectivity index (χ2n) is 3.38. The van der Waals surface area contributed by atoms with Crippen molar-refractivity contribution in [2.24, 2.45) is 0 Å². The third-order valence-electron chi connectivity index (χ3n) is 2.16. The number of benzene rings is 1. The van der Waals surface area contributed by atoms with Crippen molar-refractivity contribution in [2.45, 2.75) is 6.61 Å². The van der Waals surface area contributed by atoms with Gasteiger partial charge in [0.15, 0.2) is 6.73 Å². The maximum Gasteiger partial charge on any atom is 0.413 e. The zero-order valence-electron chi connectivity index (χ0n) is 8.59. The van der Waals surface area contributed by atoms with Crippen LogP contribution in [0.5, 0.6) is 0 Å². The normalized spacial score (nSPS) is 14.8. The number of esters is 1. The first kappa shape index (κ1) is 10.5. The molecule has 0 spiro atoms. The van der Waals surface area contributed by atoms with Gasteiger partial charge in [-0.1, -0.05) is 30.3 Å². The van der Waals surface area contributed by atoms with Crippen LogP contribution in [-0.4, -0.2) is 30.2 Å². The van der Waals surface area contributed by atoms with Crippen LogP contribution >= 0.6 is 0 Å². The van der Waals surface area contributed by atoms with Gasteiger partial charge in [-0.25, -0.2) is 4.79 Å². The Morgan fingerprint density at radius 2 is 2.12 bits per heavy atom. The molecule has 0 aliphatic carbocycles.